The predicted molar refractivity (Wildman–Crippen MR) is 225 cm³/mol. The molecule has 0 saturated carbocycles. The van der Waals surface area contributed by atoms with Crippen molar-refractivity contribution in [2.24, 2.45) is 0 Å². The second-order valence-electron chi connectivity index (χ2n) is 14.0. The van der Waals surface area contributed by atoms with Gasteiger partial charge in [-0.3, -0.25) is 4.57 Å². The molecule has 0 saturated heterocycles. The fourth-order valence-corrected chi connectivity index (χ4v) is 8.59. The molecule has 0 radical (unpaired) electrons. The third kappa shape index (κ3) is 4.35. The molecular formula is C50H30N2O3. The standard InChI is InChI=1S/C50H30N2O3/c1-2-13-32(14-3-1)52-41-22-7-4-17-39(41)46-40-21-10-18-34(47(40)55-50(46)52)31-27-29-33(30-28-31)51(42-23-11-19-37-35-15-5-8-25-44(35)53-48(37)42)43-24-12-20-38-36-16-6-9-26-45(36)54-49(38)43/h1-30H. The molecule has 0 bridgehead atoms. The number of para-hydroxylation sites is 7. The van der Waals surface area contributed by atoms with Crippen LogP contribution in [0.3, 0.4) is 0 Å². The Hall–Kier alpha value is -7.50. The third-order valence-corrected chi connectivity index (χ3v) is 11.0. The molecular weight excluding hydrogens is 677 g/mol. The Morgan fingerprint density at radius 2 is 0.927 bits per heavy atom. The van der Waals surface area contributed by atoms with E-state index in [0.717, 1.165) is 105 Å². The summed E-state index contributed by atoms with van der Waals surface area (Å²) in [6.07, 6.45) is 0. The molecule has 12 aromatic rings. The summed E-state index contributed by atoms with van der Waals surface area (Å²) in [6, 6.07) is 63.3. The summed E-state index contributed by atoms with van der Waals surface area (Å²) in [4.78, 5) is 2.26. The molecule has 258 valence electrons. The van der Waals surface area contributed by atoms with Crippen LogP contribution in [0.5, 0.6) is 0 Å². The van der Waals surface area contributed by atoms with Gasteiger partial charge in [-0.15, -0.1) is 0 Å². The van der Waals surface area contributed by atoms with Gasteiger partial charge < -0.3 is 18.2 Å². The SMILES string of the molecule is c1ccc(-n2c3ccccc3c3c4cccc(-c5ccc(N(c6cccc7c6oc6ccccc67)c6cccc7c6oc6ccccc67)cc5)c4oc32)cc1. The van der Waals surface area contributed by atoms with Crippen LogP contribution >= 0.6 is 0 Å². The van der Waals surface area contributed by atoms with Crippen molar-refractivity contribution in [2.45, 2.75) is 0 Å². The van der Waals surface area contributed by atoms with Gasteiger partial charge in [-0.1, -0.05) is 127 Å². The number of hydrogen-bond donors (Lipinski definition) is 0. The van der Waals surface area contributed by atoms with Crippen molar-refractivity contribution in [3.8, 4) is 16.8 Å². The second kappa shape index (κ2) is 11.5. The van der Waals surface area contributed by atoms with Gasteiger partial charge in [0.25, 0.3) is 0 Å². The molecule has 0 unspecified atom stereocenters. The average molecular weight is 707 g/mol. The van der Waals surface area contributed by atoms with Crippen molar-refractivity contribution >= 4 is 93.9 Å². The zero-order chi connectivity index (χ0) is 36.0. The van der Waals surface area contributed by atoms with Gasteiger partial charge in [0, 0.05) is 49.3 Å². The van der Waals surface area contributed by atoms with Gasteiger partial charge in [0.05, 0.1) is 22.3 Å². The monoisotopic (exact) mass is 706 g/mol. The van der Waals surface area contributed by atoms with Crippen LogP contribution in [0.4, 0.5) is 17.1 Å². The highest BCUT2D eigenvalue weighted by molar-refractivity contribution is 6.22. The first-order chi connectivity index (χ1) is 27.3. The number of benzene rings is 8. The molecule has 0 N–H and O–H groups in total. The van der Waals surface area contributed by atoms with Gasteiger partial charge in [-0.05, 0) is 60.2 Å². The van der Waals surface area contributed by atoms with Crippen molar-refractivity contribution in [3.05, 3.63) is 182 Å². The molecule has 0 aliphatic heterocycles. The van der Waals surface area contributed by atoms with E-state index in [9.17, 15) is 0 Å². The van der Waals surface area contributed by atoms with Gasteiger partial charge in [0.15, 0.2) is 11.2 Å². The summed E-state index contributed by atoms with van der Waals surface area (Å²) >= 11 is 0. The fraction of sp³-hybridized carbons (Fsp3) is 0. The van der Waals surface area contributed by atoms with Crippen LogP contribution in [-0.4, -0.2) is 4.57 Å². The van der Waals surface area contributed by atoms with Gasteiger partial charge >= 0.3 is 0 Å². The van der Waals surface area contributed by atoms with Crippen LogP contribution in [0, 0.1) is 0 Å². The first kappa shape index (κ1) is 30.0. The van der Waals surface area contributed by atoms with Crippen LogP contribution in [-0.2, 0) is 0 Å². The van der Waals surface area contributed by atoms with Crippen LogP contribution < -0.4 is 4.90 Å². The zero-order valence-electron chi connectivity index (χ0n) is 29.4. The molecule has 0 fully saturated rings. The fourth-order valence-electron chi connectivity index (χ4n) is 8.59. The molecule has 4 aromatic heterocycles. The molecule has 12 rings (SSSR count). The van der Waals surface area contributed by atoms with E-state index < -0.39 is 0 Å². The summed E-state index contributed by atoms with van der Waals surface area (Å²) in [5.74, 6) is 0. The maximum Gasteiger partial charge on any atom is 0.213 e. The number of aromatic nitrogens is 1. The summed E-state index contributed by atoms with van der Waals surface area (Å²) < 4.78 is 22.4. The normalized spacial score (nSPS) is 12.0. The maximum absolute atomic E-state index is 6.91. The van der Waals surface area contributed by atoms with E-state index in [1.54, 1.807) is 0 Å². The van der Waals surface area contributed by atoms with E-state index in [0.29, 0.717) is 0 Å². The van der Waals surface area contributed by atoms with E-state index in [-0.39, 0.29) is 0 Å². The predicted octanol–water partition coefficient (Wildman–Crippen LogP) is 14.5. The Bertz CT molecular complexity index is 3320. The van der Waals surface area contributed by atoms with Crippen molar-refractivity contribution in [1.82, 2.24) is 4.57 Å². The number of rotatable bonds is 5. The second-order valence-corrected chi connectivity index (χ2v) is 14.0. The summed E-state index contributed by atoms with van der Waals surface area (Å²) in [5.41, 5.74) is 12.2. The topological polar surface area (TPSA) is 47.6 Å². The summed E-state index contributed by atoms with van der Waals surface area (Å²) in [6.45, 7) is 0. The lowest BCUT2D eigenvalue weighted by molar-refractivity contribution is 0.646. The van der Waals surface area contributed by atoms with E-state index in [4.69, 9.17) is 13.3 Å². The average Bonchev–Trinajstić information content (AvgIpc) is 4.00. The third-order valence-electron chi connectivity index (χ3n) is 11.0. The lowest BCUT2D eigenvalue weighted by Gasteiger charge is -2.25. The molecule has 0 atom stereocenters. The Morgan fingerprint density at radius 3 is 1.60 bits per heavy atom. The summed E-state index contributed by atoms with van der Waals surface area (Å²) in [7, 11) is 0. The number of hydrogen-bond acceptors (Lipinski definition) is 4. The molecule has 8 aromatic carbocycles. The summed E-state index contributed by atoms with van der Waals surface area (Å²) in [5, 5.41) is 7.69. The number of anilines is 3. The van der Waals surface area contributed by atoms with Crippen LogP contribution in [0.25, 0.3) is 93.7 Å². The van der Waals surface area contributed by atoms with E-state index in [2.05, 4.69) is 161 Å². The van der Waals surface area contributed by atoms with Gasteiger partial charge in [0.1, 0.15) is 16.7 Å². The molecule has 0 spiro atoms. The minimum Gasteiger partial charge on any atom is -0.454 e. The van der Waals surface area contributed by atoms with Crippen molar-refractivity contribution < 1.29 is 13.3 Å². The Labute approximate surface area is 314 Å². The van der Waals surface area contributed by atoms with Crippen LogP contribution in [0.2, 0.25) is 0 Å². The van der Waals surface area contributed by atoms with E-state index in [1.807, 2.05) is 30.3 Å². The highest BCUT2D eigenvalue weighted by Gasteiger charge is 2.24. The van der Waals surface area contributed by atoms with Crippen LogP contribution in [0.1, 0.15) is 0 Å². The van der Waals surface area contributed by atoms with Crippen molar-refractivity contribution in [1.29, 1.82) is 0 Å². The lowest BCUT2D eigenvalue weighted by Crippen LogP contribution is -2.10. The van der Waals surface area contributed by atoms with E-state index in [1.165, 1.54) is 5.39 Å². The van der Waals surface area contributed by atoms with Gasteiger partial charge in [-0.2, -0.15) is 0 Å². The highest BCUT2D eigenvalue weighted by atomic mass is 16.3. The molecule has 0 aliphatic carbocycles. The largest absolute Gasteiger partial charge is 0.454 e. The Balaban J connectivity index is 1.06. The molecule has 0 amide bonds. The quantitative estimate of drug-likeness (QED) is 0.179. The highest BCUT2D eigenvalue weighted by Crippen LogP contribution is 2.47. The maximum atomic E-state index is 6.91. The molecule has 4 heterocycles. The molecule has 55 heavy (non-hydrogen) atoms. The number of furan rings is 3. The molecule has 0 aliphatic rings. The van der Waals surface area contributed by atoms with Crippen molar-refractivity contribution in [2.75, 3.05) is 4.90 Å². The van der Waals surface area contributed by atoms with Crippen molar-refractivity contribution in [3.63, 3.8) is 0 Å². The Morgan fingerprint density at radius 1 is 0.382 bits per heavy atom. The van der Waals surface area contributed by atoms with Gasteiger partial charge in [0.2, 0.25) is 5.71 Å². The van der Waals surface area contributed by atoms with Crippen LogP contribution in [0.15, 0.2) is 195 Å². The number of nitrogens with zero attached hydrogens (tertiary/aromatic N) is 2. The zero-order valence-corrected chi connectivity index (χ0v) is 29.4. The minimum absolute atomic E-state index is 0.819. The Kier molecular flexibility index (Phi) is 6.27. The first-order valence-electron chi connectivity index (χ1n) is 18.5. The first-order valence-corrected chi connectivity index (χ1v) is 18.5. The molecule has 5 nitrogen and oxygen atoms in total. The number of fused-ring (bicyclic) bond motifs is 11. The smallest absolute Gasteiger partial charge is 0.213 e. The van der Waals surface area contributed by atoms with E-state index >= 15 is 0 Å². The lowest BCUT2D eigenvalue weighted by atomic mass is 10.0. The molecule has 5 heteroatoms. The van der Waals surface area contributed by atoms with Gasteiger partial charge in [-0.25, -0.2) is 0 Å². The minimum atomic E-state index is 0.819.